The van der Waals surface area contributed by atoms with E-state index in [-0.39, 0.29) is 15.8 Å². The summed E-state index contributed by atoms with van der Waals surface area (Å²) in [6.45, 7) is 9.19. The Morgan fingerprint density at radius 1 is 0.833 bits per heavy atom. The van der Waals surface area contributed by atoms with Crippen molar-refractivity contribution in [2.75, 3.05) is 4.57 Å². The molecule has 0 atom stereocenters. The van der Waals surface area contributed by atoms with Crippen molar-refractivity contribution >= 4 is 34.1 Å². The molecule has 0 N–H and O–H groups in total. The molecule has 0 unspecified atom stereocenters. The van der Waals surface area contributed by atoms with E-state index in [4.69, 9.17) is 4.43 Å². The minimum Gasteiger partial charge on any atom is -0.516 e. The molecule has 0 aromatic heterocycles. The first kappa shape index (κ1) is 26.1. The molecule has 1 aromatic carbocycles. The number of halogens is 7. The summed E-state index contributed by atoms with van der Waals surface area (Å²) >= 11 is 0. The Labute approximate surface area is 171 Å². The quantitative estimate of drug-likeness (QED) is 0.391. The smallest absolute Gasteiger partial charge is 0.460 e. The zero-order chi connectivity index (χ0) is 23.9. The van der Waals surface area contributed by atoms with Crippen molar-refractivity contribution in [2.45, 2.75) is 57.3 Å². The van der Waals surface area contributed by atoms with Gasteiger partial charge in [-0.1, -0.05) is 19.6 Å². The molecule has 4 nitrogen and oxygen atoms in total. The van der Waals surface area contributed by atoms with Crippen molar-refractivity contribution in [1.29, 1.82) is 0 Å². The number of carbonyl (C=O) groups is 2. The van der Waals surface area contributed by atoms with Gasteiger partial charge in [-0.25, -0.2) is 4.79 Å². The van der Waals surface area contributed by atoms with E-state index < -0.39 is 46.5 Å². The number of hydrogen-bond acceptors (Lipinski definition) is 3. The SMILES string of the molecule is C[Si](C)(C)OC(=O)c1ccc(N(C(=O)C(F)(F)C(F)(F)C(F)(F)F)[Si](C)(C)C)cc1. The summed E-state index contributed by atoms with van der Waals surface area (Å²) in [5, 5.41) is 0. The van der Waals surface area contributed by atoms with Crippen molar-refractivity contribution in [3.8, 4) is 0 Å². The van der Waals surface area contributed by atoms with Gasteiger partial charge in [0, 0.05) is 5.69 Å². The molecule has 170 valence electrons. The number of anilines is 1. The highest BCUT2D eigenvalue weighted by atomic mass is 28.4. The zero-order valence-corrected chi connectivity index (χ0v) is 19.1. The fraction of sp³-hybridized carbons (Fsp3) is 0.529. The fourth-order valence-electron chi connectivity index (χ4n) is 2.35. The second kappa shape index (κ2) is 7.98. The van der Waals surface area contributed by atoms with Gasteiger partial charge in [0.05, 0.1) is 5.56 Å². The first-order valence-electron chi connectivity index (χ1n) is 8.63. The summed E-state index contributed by atoms with van der Waals surface area (Å²) in [6.07, 6.45) is -6.62. The van der Waals surface area contributed by atoms with Gasteiger partial charge in [-0.05, 0) is 43.9 Å². The van der Waals surface area contributed by atoms with E-state index in [0.717, 1.165) is 24.3 Å². The van der Waals surface area contributed by atoms with E-state index >= 15 is 0 Å². The summed E-state index contributed by atoms with van der Waals surface area (Å²) in [5.41, 5.74) is -0.321. The van der Waals surface area contributed by atoms with Gasteiger partial charge >= 0.3 is 24.0 Å². The molecule has 0 heterocycles. The molecule has 30 heavy (non-hydrogen) atoms. The average Bonchev–Trinajstić information content (AvgIpc) is 2.51. The molecule has 1 amide bonds. The highest BCUT2D eigenvalue weighted by molar-refractivity contribution is 6.83. The van der Waals surface area contributed by atoms with Crippen LogP contribution in [0.4, 0.5) is 36.4 Å². The molecule has 0 aliphatic carbocycles. The number of nitrogens with zero attached hydrogens (tertiary/aromatic N) is 1. The first-order valence-corrected chi connectivity index (χ1v) is 15.5. The summed E-state index contributed by atoms with van der Waals surface area (Å²) < 4.78 is 97.9. The van der Waals surface area contributed by atoms with Gasteiger partial charge in [-0.15, -0.1) is 0 Å². The van der Waals surface area contributed by atoms with Crippen LogP contribution in [-0.2, 0) is 9.22 Å². The second-order valence-corrected chi connectivity index (χ2v) is 17.7. The molecule has 1 rings (SSSR count). The Morgan fingerprint density at radius 2 is 1.27 bits per heavy atom. The molecule has 0 radical (unpaired) electrons. The average molecular weight is 478 g/mol. The van der Waals surface area contributed by atoms with Crippen LogP contribution in [0, 0.1) is 0 Å². The van der Waals surface area contributed by atoms with Crippen LogP contribution in [0.1, 0.15) is 10.4 Å². The Hall–Kier alpha value is -1.90. The van der Waals surface area contributed by atoms with Gasteiger partial charge in [-0.3, -0.25) is 4.79 Å². The number of hydrogen-bond donors (Lipinski definition) is 0. The van der Waals surface area contributed by atoms with Gasteiger partial charge < -0.3 is 8.99 Å². The number of carbonyl (C=O) groups excluding carboxylic acids is 2. The third-order valence-corrected chi connectivity index (χ3v) is 6.25. The second-order valence-electron chi connectivity index (χ2n) is 8.51. The lowest BCUT2D eigenvalue weighted by atomic mass is 10.1. The molecule has 0 bridgehead atoms. The van der Waals surface area contributed by atoms with Crippen molar-refractivity contribution in [2.24, 2.45) is 0 Å². The van der Waals surface area contributed by atoms with Gasteiger partial charge in [-0.2, -0.15) is 30.7 Å². The highest BCUT2D eigenvalue weighted by Gasteiger charge is 2.77. The summed E-state index contributed by atoms with van der Waals surface area (Å²) in [6, 6.07) is 4.30. The lowest BCUT2D eigenvalue weighted by molar-refractivity contribution is -0.343. The van der Waals surface area contributed by atoms with Crippen LogP contribution in [0.5, 0.6) is 0 Å². The van der Waals surface area contributed by atoms with Crippen LogP contribution in [0.25, 0.3) is 0 Å². The minimum absolute atomic E-state index is 0.0107. The molecular weight excluding hydrogens is 455 g/mol. The topological polar surface area (TPSA) is 46.6 Å². The monoisotopic (exact) mass is 477 g/mol. The van der Waals surface area contributed by atoms with Crippen molar-refractivity contribution in [1.82, 2.24) is 0 Å². The van der Waals surface area contributed by atoms with E-state index in [2.05, 4.69) is 0 Å². The molecular formula is C17H22F7NO3Si2. The predicted molar refractivity (Wildman–Crippen MR) is 102 cm³/mol. The standard InChI is InChI=1S/C17H22F7NO3Si2/c1-29(2,3)25(14(27)15(18,19)16(20,21)17(22,23)24)12-9-7-11(8-10-12)13(26)28-30(4,5)6/h7-10H,1-6H3. The molecule has 0 saturated heterocycles. The summed E-state index contributed by atoms with van der Waals surface area (Å²) in [5.74, 6) is -16.0. The normalized spacial score (nSPS) is 13.8. The maximum atomic E-state index is 14.0. The lowest BCUT2D eigenvalue weighted by Gasteiger charge is -2.38. The van der Waals surface area contributed by atoms with Crippen molar-refractivity contribution in [3.05, 3.63) is 29.8 Å². The van der Waals surface area contributed by atoms with Crippen LogP contribution in [0.15, 0.2) is 24.3 Å². The Balaban J connectivity index is 3.39. The van der Waals surface area contributed by atoms with Crippen LogP contribution in [-0.4, -0.2) is 46.5 Å². The number of rotatable bonds is 6. The Bertz CT molecular complexity index is 798. The largest absolute Gasteiger partial charge is 0.516 e. The van der Waals surface area contributed by atoms with Crippen LogP contribution < -0.4 is 4.57 Å². The van der Waals surface area contributed by atoms with Crippen LogP contribution in [0.3, 0.4) is 0 Å². The van der Waals surface area contributed by atoms with Crippen LogP contribution in [0.2, 0.25) is 39.3 Å². The third kappa shape index (κ3) is 5.42. The molecule has 0 saturated carbocycles. The Morgan fingerprint density at radius 3 is 1.60 bits per heavy atom. The summed E-state index contributed by atoms with van der Waals surface area (Å²) in [4.78, 5) is 24.3. The van der Waals surface area contributed by atoms with Crippen molar-refractivity contribution in [3.63, 3.8) is 0 Å². The summed E-state index contributed by atoms with van der Waals surface area (Å²) in [7, 11) is -5.47. The van der Waals surface area contributed by atoms with Crippen LogP contribution >= 0.6 is 0 Å². The molecule has 0 aliphatic rings. The molecule has 13 heteroatoms. The van der Waals surface area contributed by atoms with E-state index in [1.807, 2.05) is 0 Å². The Kier molecular flexibility index (Phi) is 6.95. The van der Waals surface area contributed by atoms with Crippen molar-refractivity contribution < 1.29 is 44.7 Å². The predicted octanol–water partition coefficient (Wildman–Crippen LogP) is 5.68. The van der Waals surface area contributed by atoms with Gasteiger partial charge in [0.15, 0.2) is 8.24 Å². The van der Waals surface area contributed by atoms with Gasteiger partial charge in [0.1, 0.15) is 0 Å². The third-order valence-electron chi connectivity index (χ3n) is 3.65. The molecule has 0 spiro atoms. The number of amides is 1. The lowest BCUT2D eigenvalue weighted by Crippen LogP contribution is -2.64. The van der Waals surface area contributed by atoms with E-state index in [1.54, 1.807) is 19.6 Å². The first-order chi connectivity index (χ1) is 13.1. The molecule has 0 aliphatic heterocycles. The zero-order valence-electron chi connectivity index (χ0n) is 17.1. The maximum absolute atomic E-state index is 14.0. The molecule has 0 fully saturated rings. The van der Waals surface area contributed by atoms with E-state index in [1.165, 1.54) is 19.6 Å². The number of benzene rings is 1. The van der Waals surface area contributed by atoms with E-state index in [0.29, 0.717) is 0 Å². The van der Waals surface area contributed by atoms with Gasteiger partial charge in [0.2, 0.25) is 8.32 Å². The molecule has 1 aromatic rings. The van der Waals surface area contributed by atoms with Gasteiger partial charge in [0.25, 0.3) is 5.91 Å². The fourth-order valence-corrected chi connectivity index (χ4v) is 4.69. The number of alkyl halides is 7. The minimum atomic E-state index is -6.62. The van der Waals surface area contributed by atoms with E-state index in [9.17, 15) is 40.3 Å². The maximum Gasteiger partial charge on any atom is 0.460 e. The highest BCUT2D eigenvalue weighted by Crippen LogP contribution is 2.48.